The Balaban J connectivity index is 1.97. The summed E-state index contributed by atoms with van der Waals surface area (Å²) < 4.78 is 12.5. The first-order valence-electron chi connectivity index (χ1n) is 9.68. The van der Waals surface area contributed by atoms with Crippen molar-refractivity contribution in [1.82, 2.24) is 4.57 Å². The van der Waals surface area contributed by atoms with Gasteiger partial charge in [-0.3, -0.25) is 9.36 Å². The maximum absolute atomic E-state index is 13.5. The van der Waals surface area contributed by atoms with Crippen molar-refractivity contribution in [2.45, 2.75) is 13.0 Å². The molecule has 10 heteroatoms. The summed E-state index contributed by atoms with van der Waals surface area (Å²) in [5.41, 5.74) is 1.80. The second kappa shape index (κ2) is 9.17. The normalized spacial score (nSPS) is 15.8. The number of esters is 1. The molecule has 0 spiro atoms. The summed E-state index contributed by atoms with van der Waals surface area (Å²) in [5, 5.41) is 10.6. The summed E-state index contributed by atoms with van der Waals surface area (Å²) >= 11 is 10.6. The number of phenols is 1. The molecule has 0 saturated heterocycles. The molecule has 2 heterocycles. The quantitative estimate of drug-likeness (QED) is 0.503. The first-order valence-corrected chi connectivity index (χ1v) is 11.7. The third kappa shape index (κ3) is 4.23. The third-order valence-electron chi connectivity index (χ3n) is 5.18. The van der Waals surface area contributed by atoms with Crippen LogP contribution in [0, 0.1) is 0 Å². The predicted octanol–water partition coefficient (Wildman–Crippen LogP) is 3.54. The number of methoxy groups -OCH3 is 2. The Bertz CT molecular complexity index is 1470. The van der Waals surface area contributed by atoms with Gasteiger partial charge in [0.05, 0.1) is 40.5 Å². The number of nitrogens with zero attached hydrogens (tertiary/aromatic N) is 2. The molecule has 0 aliphatic carbocycles. The summed E-state index contributed by atoms with van der Waals surface area (Å²) in [6.45, 7) is 1.72. The summed E-state index contributed by atoms with van der Waals surface area (Å²) in [5.74, 6) is -0.318. The summed E-state index contributed by atoms with van der Waals surface area (Å²) in [6.07, 6.45) is 1.69. The van der Waals surface area contributed by atoms with Gasteiger partial charge < -0.3 is 14.6 Å². The number of rotatable bonds is 4. The van der Waals surface area contributed by atoms with E-state index in [1.54, 1.807) is 49.4 Å². The van der Waals surface area contributed by atoms with Crippen molar-refractivity contribution in [3.05, 3.63) is 88.0 Å². The minimum atomic E-state index is -0.714. The van der Waals surface area contributed by atoms with Gasteiger partial charge in [0.1, 0.15) is 0 Å². The zero-order chi connectivity index (χ0) is 23.9. The molecule has 33 heavy (non-hydrogen) atoms. The lowest BCUT2D eigenvalue weighted by Crippen LogP contribution is -2.39. The zero-order valence-electron chi connectivity index (χ0n) is 17.8. The SMILES string of the molecule is COC(=O)C1=C(C)N=c2s/c(=C\c3cc(Br)c(O)c(OC)c3)c(=O)n2[C@H]1c1ccc(Cl)cc1. The highest BCUT2D eigenvalue weighted by molar-refractivity contribution is 9.10. The first-order chi connectivity index (χ1) is 15.7. The van der Waals surface area contributed by atoms with Crippen molar-refractivity contribution in [3.63, 3.8) is 0 Å². The number of aromatic nitrogens is 1. The highest BCUT2D eigenvalue weighted by atomic mass is 79.9. The van der Waals surface area contributed by atoms with Gasteiger partial charge in [0, 0.05) is 5.02 Å². The molecule has 170 valence electrons. The van der Waals surface area contributed by atoms with Gasteiger partial charge in [-0.05, 0) is 64.3 Å². The molecular formula is C23H18BrClN2O5S. The van der Waals surface area contributed by atoms with Crippen LogP contribution < -0.4 is 19.6 Å². The van der Waals surface area contributed by atoms with Gasteiger partial charge in [0.15, 0.2) is 16.3 Å². The number of thiazole rings is 1. The van der Waals surface area contributed by atoms with Gasteiger partial charge in [0.2, 0.25) is 0 Å². The smallest absolute Gasteiger partial charge is 0.338 e. The van der Waals surface area contributed by atoms with E-state index in [2.05, 4.69) is 20.9 Å². The van der Waals surface area contributed by atoms with E-state index in [1.165, 1.54) is 30.1 Å². The molecule has 1 aliphatic heterocycles. The van der Waals surface area contributed by atoms with Crippen molar-refractivity contribution in [1.29, 1.82) is 0 Å². The molecule has 4 rings (SSSR count). The zero-order valence-corrected chi connectivity index (χ0v) is 20.9. The number of carbonyl (C=O) groups is 1. The van der Waals surface area contributed by atoms with Gasteiger partial charge >= 0.3 is 5.97 Å². The van der Waals surface area contributed by atoms with Crippen molar-refractivity contribution in [2.24, 2.45) is 4.99 Å². The molecule has 1 N–H and O–H groups in total. The molecule has 1 aromatic heterocycles. The van der Waals surface area contributed by atoms with Crippen molar-refractivity contribution in [2.75, 3.05) is 14.2 Å². The van der Waals surface area contributed by atoms with Gasteiger partial charge in [-0.15, -0.1) is 0 Å². The van der Waals surface area contributed by atoms with E-state index >= 15 is 0 Å². The number of hydrogen-bond acceptors (Lipinski definition) is 7. The number of benzene rings is 2. The van der Waals surface area contributed by atoms with Crippen LogP contribution in [-0.2, 0) is 9.53 Å². The van der Waals surface area contributed by atoms with Crippen LogP contribution in [0.5, 0.6) is 11.5 Å². The topological polar surface area (TPSA) is 90.1 Å². The maximum atomic E-state index is 13.5. The number of ether oxygens (including phenoxy) is 2. The third-order valence-corrected chi connectivity index (χ3v) is 7.02. The van der Waals surface area contributed by atoms with Crippen molar-refractivity contribution >= 4 is 50.9 Å². The maximum Gasteiger partial charge on any atom is 0.338 e. The lowest BCUT2D eigenvalue weighted by Gasteiger charge is -2.24. The number of fused-ring (bicyclic) bond motifs is 1. The Morgan fingerprint density at radius 1 is 1.27 bits per heavy atom. The summed E-state index contributed by atoms with van der Waals surface area (Å²) in [6, 6.07) is 9.54. The lowest BCUT2D eigenvalue weighted by atomic mass is 9.96. The number of carbonyl (C=O) groups excluding carboxylic acids is 1. The van der Waals surface area contributed by atoms with E-state index in [0.29, 0.717) is 35.7 Å². The molecule has 3 aromatic rings. The number of halogens is 2. The Labute approximate surface area is 206 Å². The Hall–Kier alpha value is -2.88. The molecule has 1 atom stereocenters. The fourth-order valence-corrected chi connectivity index (χ4v) is 5.27. The molecule has 1 aliphatic rings. The van der Waals surface area contributed by atoms with E-state index in [1.807, 2.05) is 0 Å². The highest BCUT2D eigenvalue weighted by Gasteiger charge is 2.33. The average molecular weight is 550 g/mol. The van der Waals surface area contributed by atoms with E-state index in [0.717, 1.165) is 0 Å². The van der Waals surface area contributed by atoms with Gasteiger partial charge in [-0.25, -0.2) is 9.79 Å². The number of allylic oxidation sites excluding steroid dienone is 1. The second-order valence-corrected chi connectivity index (χ2v) is 9.48. The second-order valence-electron chi connectivity index (χ2n) is 7.18. The molecule has 2 aromatic carbocycles. The largest absolute Gasteiger partial charge is 0.503 e. The van der Waals surface area contributed by atoms with Crippen LogP contribution in [0.4, 0.5) is 0 Å². The monoisotopic (exact) mass is 548 g/mol. The van der Waals surface area contributed by atoms with E-state index < -0.39 is 12.0 Å². The number of hydrogen-bond donors (Lipinski definition) is 1. The molecule has 7 nitrogen and oxygen atoms in total. The average Bonchev–Trinajstić information content (AvgIpc) is 3.09. The lowest BCUT2D eigenvalue weighted by molar-refractivity contribution is -0.136. The van der Waals surface area contributed by atoms with Gasteiger partial charge in [0.25, 0.3) is 5.56 Å². The van der Waals surface area contributed by atoms with Crippen LogP contribution in [0.2, 0.25) is 5.02 Å². The summed E-state index contributed by atoms with van der Waals surface area (Å²) in [7, 11) is 2.74. The van der Waals surface area contributed by atoms with Crippen LogP contribution >= 0.6 is 38.9 Å². The highest BCUT2D eigenvalue weighted by Crippen LogP contribution is 2.35. The Morgan fingerprint density at radius 2 is 1.97 bits per heavy atom. The van der Waals surface area contributed by atoms with Crippen LogP contribution in [0.15, 0.2) is 61.9 Å². The van der Waals surface area contributed by atoms with Crippen molar-refractivity contribution < 1.29 is 19.4 Å². The Kier molecular flexibility index (Phi) is 6.47. The molecule has 0 fully saturated rings. The van der Waals surface area contributed by atoms with Crippen LogP contribution in [-0.4, -0.2) is 29.9 Å². The van der Waals surface area contributed by atoms with Gasteiger partial charge in [-0.1, -0.05) is 35.1 Å². The van der Waals surface area contributed by atoms with Crippen molar-refractivity contribution in [3.8, 4) is 11.5 Å². The van der Waals surface area contributed by atoms with Crippen LogP contribution in [0.1, 0.15) is 24.1 Å². The number of phenolic OH excluding ortho intramolecular Hbond substituents is 1. The molecule has 0 bridgehead atoms. The Morgan fingerprint density at radius 3 is 2.61 bits per heavy atom. The molecule has 0 unspecified atom stereocenters. The fourth-order valence-electron chi connectivity index (χ4n) is 3.64. The van der Waals surface area contributed by atoms with Gasteiger partial charge in [-0.2, -0.15) is 0 Å². The fraction of sp³-hybridized carbons (Fsp3) is 0.174. The first kappa shape index (κ1) is 23.3. The number of aromatic hydroxyl groups is 1. The van der Waals surface area contributed by atoms with E-state index in [9.17, 15) is 14.7 Å². The van der Waals surface area contributed by atoms with E-state index in [-0.39, 0.29) is 22.6 Å². The van der Waals surface area contributed by atoms with Crippen LogP contribution in [0.25, 0.3) is 6.08 Å². The molecule has 0 radical (unpaired) electrons. The minimum Gasteiger partial charge on any atom is -0.503 e. The minimum absolute atomic E-state index is 0.0304. The van der Waals surface area contributed by atoms with Crippen LogP contribution in [0.3, 0.4) is 0 Å². The molecule has 0 saturated carbocycles. The predicted molar refractivity (Wildman–Crippen MR) is 130 cm³/mol. The standard InChI is InChI=1S/C23H18BrClN2O5S/c1-11-18(22(30)32-3)19(13-4-6-14(25)7-5-13)27-21(29)17(33-23(27)26-11)10-12-8-15(24)20(28)16(9-12)31-2/h4-10,19,28H,1-3H3/b17-10-/t19-/m0/s1. The molecular weight excluding hydrogens is 532 g/mol. The van der Waals surface area contributed by atoms with E-state index in [4.69, 9.17) is 21.1 Å². The summed E-state index contributed by atoms with van der Waals surface area (Å²) in [4.78, 5) is 31.2. The molecule has 0 amide bonds.